The van der Waals surface area contributed by atoms with Crippen LogP contribution in [0.4, 0.5) is 5.82 Å². The molecule has 3 aromatic rings. The minimum atomic E-state index is -1.96. The summed E-state index contributed by atoms with van der Waals surface area (Å²) in [5.74, 6) is 1.37. The zero-order chi connectivity index (χ0) is 26.5. The van der Waals surface area contributed by atoms with Crippen LogP contribution in [0.5, 0.6) is 11.5 Å². The Morgan fingerprint density at radius 1 is 1.14 bits per heavy atom. The van der Waals surface area contributed by atoms with Crippen LogP contribution in [-0.2, 0) is 25.4 Å². The molecule has 196 valence electrons. The summed E-state index contributed by atoms with van der Waals surface area (Å²) in [4.78, 5) is 23.2. The first-order valence-corrected chi connectivity index (χ1v) is 12.4. The van der Waals surface area contributed by atoms with Gasteiger partial charge in [0, 0.05) is 19.7 Å². The van der Waals surface area contributed by atoms with Crippen molar-refractivity contribution < 1.29 is 28.1 Å². The van der Waals surface area contributed by atoms with Crippen molar-refractivity contribution in [1.82, 2.24) is 24.8 Å². The predicted molar refractivity (Wildman–Crippen MR) is 135 cm³/mol. The van der Waals surface area contributed by atoms with E-state index < -0.39 is 14.1 Å². The van der Waals surface area contributed by atoms with Crippen molar-refractivity contribution in [3.63, 3.8) is 0 Å². The number of anilines is 1. The Bertz CT molecular complexity index is 1110. The third kappa shape index (κ3) is 9.34. The van der Waals surface area contributed by atoms with E-state index in [2.05, 4.69) is 20.3 Å². The summed E-state index contributed by atoms with van der Waals surface area (Å²) >= 11 is 0. The van der Waals surface area contributed by atoms with Gasteiger partial charge in [0.15, 0.2) is 17.2 Å². The van der Waals surface area contributed by atoms with Gasteiger partial charge in [-0.25, -0.2) is 15.0 Å². The maximum atomic E-state index is 11.9. The standard InChI is InChI=1S/C15H17N5O4P.C7H16N2O2/c1-22-11-2-4-12(5-3-11)24-25(21)10-23-7-6-20-9-19-13-14(16)17-8-18-15(13)20;1-5(2)9-7(10)6(8)4-11-3/h2-5,8-9H,6-7,10H2,1H3,(H2,16,17,18);5-6H,4,8H2,1-3H3,(H,9,10)/q+1;. The smallest absolute Gasteiger partial charge is 0.497 e. The van der Waals surface area contributed by atoms with E-state index in [0.29, 0.717) is 41.6 Å². The van der Waals surface area contributed by atoms with Gasteiger partial charge >= 0.3 is 8.03 Å². The summed E-state index contributed by atoms with van der Waals surface area (Å²) in [6, 6.07) is 6.42. The molecule has 14 heteroatoms. The van der Waals surface area contributed by atoms with Crippen molar-refractivity contribution in [3.8, 4) is 11.5 Å². The molecule has 36 heavy (non-hydrogen) atoms. The number of fused-ring (bicyclic) bond motifs is 1. The van der Waals surface area contributed by atoms with Crippen molar-refractivity contribution in [2.75, 3.05) is 39.5 Å². The van der Waals surface area contributed by atoms with Crippen LogP contribution in [0.1, 0.15) is 13.8 Å². The first-order chi connectivity index (χ1) is 17.2. The SMILES string of the molecule is COCC(N)C(=O)NC(C)C.COc1ccc(O[P+](=O)COCCn2cnc3c(N)ncnc32)cc1. The number of nitrogens with two attached hydrogens (primary N) is 2. The van der Waals surface area contributed by atoms with Crippen LogP contribution >= 0.6 is 8.03 Å². The van der Waals surface area contributed by atoms with E-state index in [4.69, 9.17) is 30.2 Å². The third-order valence-corrected chi connectivity index (χ3v) is 5.29. The number of carbonyl (C=O) groups is 1. The Morgan fingerprint density at radius 2 is 1.83 bits per heavy atom. The molecule has 0 radical (unpaired) electrons. The van der Waals surface area contributed by atoms with Crippen LogP contribution in [0.3, 0.4) is 0 Å². The van der Waals surface area contributed by atoms with Gasteiger partial charge in [0.1, 0.15) is 23.6 Å². The van der Waals surface area contributed by atoms with Gasteiger partial charge in [0.2, 0.25) is 5.91 Å². The van der Waals surface area contributed by atoms with Gasteiger partial charge in [-0.2, -0.15) is 0 Å². The molecule has 0 aliphatic carbocycles. The number of nitrogen functional groups attached to an aromatic ring is 1. The molecule has 13 nitrogen and oxygen atoms in total. The molecular weight excluding hydrogens is 489 g/mol. The lowest BCUT2D eigenvalue weighted by molar-refractivity contribution is -0.123. The maximum absolute atomic E-state index is 11.9. The minimum absolute atomic E-state index is 0.00881. The molecule has 2 unspecified atom stereocenters. The van der Waals surface area contributed by atoms with E-state index in [1.165, 1.54) is 13.4 Å². The summed E-state index contributed by atoms with van der Waals surface area (Å²) in [7, 11) is 1.13. The number of ether oxygens (including phenoxy) is 3. The number of rotatable bonds is 12. The number of hydrogen-bond acceptors (Lipinski definition) is 11. The second-order valence-corrected chi connectivity index (χ2v) is 8.84. The van der Waals surface area contributed by atoms with Crippen LogP contribution in [0.25, 0.3) is 11.2 Å². The lowest BCUT2D eigenvalue weighted by Gasteiger charge is -2.13. The van der Waals surface area contributed by atoms with Crippen molar-refractivity contribution in [1.29, 1.82) is 0 Å². The van der Waals surface area contributed by atoms with Gasteiger partial charge in [-0.3, -0.25) is 9.32 Å². The van der Waals surface area contributed by atoms with Crippen LogP contribution < -0.4 is 26.0 Å². The molecule has 2 aromatic heterocycles. The topological polar surface area (TPSA) is 179 Å². The summed E-state index contributed by atoms with van der Waals surface area (Å²) in [6.07, 6.45) is 2.99. The quantitative estimate of drug-likeness (QED) is 0.233. The van der Waals surface area contributed by atoms with Crippen LogP contribution in [-0.4, -0.2) is 71.3 Å². The Hall–Kier alpha value is -3.38. The van der Waals surface area contributed by atoms with E-state index >= 15 is 0 Å². The van der Waals surface area contributed by atoms with Gasteiger partial charge < -0.3 is 35.6 Å². The number of methoxy groups -OCH3 is 2. The number of hydrogen-bond donors (Lipinski definition) is 3. The maximum Gasteiger partial charge on any atom is 0.585 e. The van der Waals surface area contributed by atoms with Gasteiger partial charge in [-0.15, -0.1) is 0 Å². The van der Waals surface area contributed by atoms with Gasteiger partial charge in [0.25, 0.3) is 6.35 Å². The fraction of sp³-hybridized carbons (Fsp3) is 0.455. The Balaban J connectivity index is 0.000000352. The van der Waals surface area contributed by atoms with Gasteiger partial charge in [0.05, 0.1) is 26.7 Å². The summed E-state index contributed by atoms with van der Waals surface area (Å²) in [6.45, 7) is 4.87. The van der Waals surface area contributed by atoms with E-state index in [1.54, 1.807) is 42.3 Å². The van der Waals surface area contributed by atoms with E-state index in [9.17, 15) is 9.36 Å². The second-order valence-electron chi connectivity index (χ2n) is 7.73. The number of nitrogens with zero attached hydrogens (tertiary/aromatic N) is 4. The lowest BCUT2D eigenvalue weighted by atomic mass is 10.3. The zero-order valence-electron chi connectivity index (χ0n) is 20.8. The predicted octanol–water partition coefficient (Wildman–Crippen LogP) is 1.70. The largest absolute Gasteiger partial charge is 0.585 e. The molecule has 0 bridgehead atoms. The van der Waals surface area contributed by atoms with Crippen molar-refractivity contribution in [2.45, 2.75) is 32.5 Å². The molecule has 0 saturated heterocycles. The average Bonchev–Trinajstić information content (AvgIpc) is 3.27. The highest BCUT2D eigenvalue weighted by Crippen LogP contribution is 2.28. The molecular formula is C22H33N7O6P+. The number of benzene rings is 1. The lowest BCUT2D eigenvalue weighted by Crippen LogP contribution is -2.45. The summed E-state index contributed by atoms with van der Waals surface area (Å²) < 4.78 is 34.2. The minimum Gasteiger partial charge on any atom is -0.497 e. The van der Waals surface area contributed by atoms with Crippen LogP contribution in [0, 0.1) is 0 Å². The molecule has 2 atom stereocenters. The second kappa shape index (κ2) is 14.9. The number of nitrogens with one attached hydrogen (secondary N) is 1. The molecule has 0 fully saturated rings. The monoisotopic (exact) mass is 522 g/mol. The van der Waals surface area contributed by atoms with Crippen LogP contribution in [0.15, 0.2) is 36.9 Å². The number of aromatic nitrogens is 4. The highest BCUT2D eigenvalue weighted by molar-refractivity contribution is 7.39. The van der Waals surface area contributed by atoms with Gasteiger partial charge in [-0.1, -0.05) is 0 Å². The normalized spacial score (nSPS) is 12.0. The summed E-state index contributed by atoms with van der Waals surface area (Å²) in [5.41, 5.74) is 12.4. The molecule has 0 spiro atoms. The third-order valence-electron chi connectivity index (χ3n) is 4.48. The molecule has 2 heterocycles. The number of imidazole rings is 1. The average molecular weight is 523 g/mol. The molecule has 0 aliphatic rings. The number of amides is 1. The van der Waals surface area contributed by atoms with Crippen molar-refractivity contribution in [3.05, 3.63) is 36.9 Å². The molecule has 5 N–H and O–H groups in total. The Labute approximate surface area is 210 Å². The molecule has 1 amide bonds. The summed E-state index contributed by atoms with van der Waals surface area (Å²) in [5, 5.41) is 2.68. The first-order valence-electron chi connectivity index (χ1n) is 11.1. The van der Waals surface area contributed by atoms with E-state index in [-0.39, 0.29) is 24.9 Å². The fourth-order valence-corrected chi connectivity index (χ4v) is 3.48. The van der Waals surface area contributed by atoms with E-state index in [0.717, 1.165) is 0 Å². The highest BCUT2D eigenvalue weighted by Gasteiger charge is 2.19. The number of carbonyl (C=O) groups excluding carboxylic acids is 1. The van der Waals surface area contributed by atoms with Crippen LogP contribution in [0.2, 0.25) is 0 Å². The fourth-order valence-electron chi connectivity index (χ4n) is 2.79. The van der Waals surface area contributed by atoms with Crippen molar-refractivity contribution in [2.24, 2.45) is 5.73 Å². The molecule has 0 saturated carbocycles. The highest BCUT2D eigenvalue weighted by atomic mass is 31.1. The van der Waals surface area contributed by atoms with Crippen molar-refractivity contribution >= 4 is 30.9 Å². The molecule has 0 aliphatic heterocycles. The zero-order valence-corrected chi connectivity index (χ0v) is 21.7. The van der Waals surface area contributed by atoms with Gasteiger partial charge in [-0.05, 0) is 42.7 Å². The van der Waals surface area contributed by atoms with E-state index in [1.807, 2.05) is 13.8 Å². The Kier molecular flexibility index (Phi) is 11.9. The molecule has 1 aromatic carbocycles. The first kappa shape index (κ1) is 28.9. The molecule has 3 rings (SSSR count). The Morgan fingerprint density at radius 3 is 2.47 bits per heavy atom.